The molecule has 6 heteroatoms. The third-order valence-corrected chi connectivity index (χ3v) is 4.73. The Morgan fingerprint density at radius 3 is 2.09 bits per heavy atom. The van der Waals surface area contributed by atoms with Crippen LogP contribution < -0.4 is 11.3 Å². The second-order valence-electron chi connectivity index (χ2n) is 4.83. The van der Waals surface area contributed by atoms with Gasteiger partial charge in [0.25, 0.3) is 5.91 Å². The first-order valence-electron chi connectivity index (χ1n) is 6.80. The van der Waals surface area contributed by atoms with Crippen molar-refractivity contribution in [2.75, 3.05) is 0 Å². The molecule has 3 rings (SSSR count). The minimum absolute atomic E-state index is 0.238. The van der Waals surface area contributed by atoms with Crippen LogP contribution in [0.25, 0.3) is 28.3 Å². The monoisotopic (exact) mass is 342 g/mol. The van der Waals surface area contributed by atoms with E-state index in [4.69, 9.17) is 5.84 Å². The van der Waals surface area contributed by atoms with Crippen LogP contribution in [0.3, 0.4) is 0 Å². The molecule has 1 amide bonds. The summed E-state index contributed by atoms with van der Waals surface area (Å²) >= 11 is 3.13. The van der Waals surface area contributed by atoms with Crippen LogP contribution in [0.4, 0.5) is 0 Å². The number of phenols is 1. The fourth-order valence-electron chi connectivity index (χ4n) is 2.25. The van der Waals surface area contributed by atoms with E-state index in [0.29, 0.717) is 0 Å². The lowest BCUT2D eigenvalue weighted by Crippen LogP contribution is -2.27. The number of hydrogen-bond acceptors (Lipinski definition) is 5. The van der Waals surface area contributed by atoms with E-state index in [9.17, 15) is 9.90 Å². The van der Waals surface area contributed by atoms with Crippen LogP contribution in [0.2, 0.25) is 0 Å². The maximum atomic E-state index is 11.3. The molecule has 0 spiro atoms. The molecule has 2 aromatic heterocycles. The maximum absolute atomic E-state index is 11.3. The molecule has 4 nitrogen and oxygen atoms in total. The second kappa shape index (κ2) is 6.78. The Kier molecular flexibility index (Phi) is 4.57. The summed E-state index contributed by atoms with van der Waals surface area (Å²) in [6.45, 7) is 0. The maximum Gasteiger partial charge on any atom is 0.257 e. The fraction of sp³-hybridized carbons (Fsp3) is 0. The molecule has 0 aliphatic rings. The van der Waals surface area contributed by atoms with E-state index in [1.807, 2.05) is 45.8 Å². The molecule has 1 aromatic carbocycles. The topological polar surface area (TPSA) is 75.3 Å². The number of hydrazine groups is 1. The summed E-state index contributed by atoms with van der Waals surface area (Å²) in [7, 11) is 0. The highest BCUT2D eigenvalue weighted by Gasteiger charge is 2.13. The number of thiophene rings is 2. The van der Waals surface area contributed by atoms with E-state index in [-0.39, 0.29) is 11.7 Å². The van der Waals surface area contributed by atoms with Crippen molar-refractivity contribution in [2.45, 2.75) is 0 Å². The molecule has 0 saturated carbocycles. The Labute approximate surface area is 141 Å². The largest absolute Gasteiger partial charge is 0.507 e. The fourth-order valence-corrected chi connectivity index (χ4v) is 3.56. The van der Waals surface area contributed by atoms with Crippen LogP contribution in [0.5, 0.6) is 5.75 Å². The van der Waals surface area contributed by atoms with Crippen molar-refractivity contribution in [2.24, 2.45) is 5.84 Å². The van der Waals surface area contributed by atoms with Gasteiger partial charge in [0.15, 0.2) is 0 Å². The molecule has 0 atom stereocenters. The number of carbonyl (C=O) groups excluding carboxylic acids is 1. The van der Waals surface area contributed by atoms with Gasteiger partial charge in [-0.3, -0.25) is 10.2 Å². The molecule has 23 heavy (non-hydrogen) atoms. The third-order valence-electron chi connectivity index (χ3n) is 3.37. The lowest BCUT2D eigenvalue weighted by molar-refractivity contribution is -0.116. The number of carbonyl (C=O) groups is 1. The summed E-state index contributed by atoms with van der Waals surface area (Å²) in [6, 6.07) is 7.62. The lowest BCUT2D eigenvalue weighted by Gasteiger charge is -2.10. The molecule has 0 radical (unpaired) electrons. The Morgan fingerprint density at radius 1 is 1.09 bits per heavy atom. The first kappa shape index (κ1) is 15.5. The minimum Gasteiger partial charge on any atom is -0.507 e. The third kappa shape index (κ3) is 3.34. The molecular weight excluding hydrogens is 328 g/mol. The van der Waals surface area contributed by atoms with Crippen molar-refractivity contribution in [1.29, 1.82) is 0 Å². The van der Waals surface area contributed by atoms with E-state index in [0.717, 1.165) is 27.8 Å². The van der Waals surface area contributed by atoms with Crippen LogP contribution in [-0.2, 0) is 4.79 Å². The summed E-state index contributed by atoms with van der Waals surface area (Å²) in [4.78, 5) is 11.3. The standard InChI is InChI=1S/C17H14N2O2S2/c18-19-16(20)2-1-11-7-14(12-3-5-22-9-12)17(21)15(8-11)13-4-6-23-10-13/h1-10,21H,18H2,(H,19,20). The molecule has 0 fully saturated rings. The number of nitrogens with one attached hydrogen (secondary N) is 1. The van der Waals surface area contributed by atoms with Crippen molar-refractivity contribution >= 4 is 34.7 Å². The van der Waals surface area contributed by atoms with Crippen LogP contribution >= 0.6 is 22.7 Å². The lowest BCUT2D eigenvalue weighted by atomic mass is 9.97. The van der Waals surface area contributed by atoms with Crippen molar-refractivity contribution < 1.29 is 9.90 Å². The predicted molar refractivity (Wildman–Crippen MR) is 96.1 cm³/mol. The number of hydrogen-bond donors (Lipinski definition) is 3. The quantitative estimate of drug-likeness (QED) is 0.292. The van der Waals surface area contributed by atoms with E-state index in [1.165, 1.54) is 6.08 Å². The first-order chi connectivity index (χ1) is 11.2. The predicted octanol–water partition coefficient (Wildman–Crippen LogP) is 3.85. The molecule has 0 bridgehead atoms. The number of rotatable bonds is 4. The van der Waals surface area contributed by atoms with Crippen molar-refractivity contribution in [3.8, 4) is 28.0 Å². The average Bonchev–Trinajstić information content (AvgIpc) is 3.26. The van der Waals surface area contributed by atoms with Gasteiger partial charge in [0, 0.05) is 17.2 Å². The van der Waals surface area contributed by atoms with Gasteiger partial charge in [-0.1, -0.05) is 0 Å². The van der Waals surface area contributed by atoms with Gasteiger partial charge in [-0.2, -0.15) is 22.7 Å². The van der Waals surface area contributed by atoms with E-state index < -0.39 is 0 Å². The van der Waals surface area contributed by atoms with Gasteiger partial charge in [0.2, 0.25) is 0 Å². The summed E-state index contributed by atoms with van der Waals surface area (Å²) in [5.41, 5.74) is 6.24. The summed E-state index contributed by atoms with van der Waals surface area (Å²) < 4.78 is 0. The summed E-state index contributed by atoms with van der Waals surface area (Å²) in [5.74, 6) is 4.94. The minimum atomic E-state index is -0.382. The van der Waals surface area contributed by atoms with Crippen LogP contribution in [0.15, 0.2) is 51.9 Å². The van der Waals surface area contributed by atoms with Crippen molar-refractivity contribution in [3.63, 3.8) is 0 Å². The van der Waals surface area contributed by atoms with Gasteiger partial charge in [0.1, 0.15) is 5.75 Å². The van der Waals surface area contributed by atoms with Crippen LogP contribution in [-0.4, -0.2) is 11.0 Å². The number of nitrogens with two attached hydrogens (primary N) is 1. The molecular formula is C17H14N2O2S2. The highest BCUT2D eigenvalue weighted by molar-refractivity contribution is 7.08. The molecule has 0 saturated heterocycles. The average molecular weight is 342 g/mol. The molecule has 4 N–H and O–H groups in total. The number of benzene rings is 1. The Bertz CT molecular complexity index is 782. The molecule has 0 unspecified atom stereocenters. The zero-order valence-corrected chi connectivity index (χ0v) is 13.7. The van der Waals surface area contributed by atoms with Gasteiger partial charge in [0.05, 0.1) is 0 Å². The second-order valence-corrected chi connectivity index (χ2v) is 6.39. The van der Waals surface area contributed by atoms with E-state index >= 15 is 0 Å². The SMILES string of the molecule is NNC(=O)C=Cc1cc(-c2ccsc2)c(O)c(-c2ccsc2)c1. The molecule has 0 aliphatic heterocycles. The Hall–Kier alpha value is -2.41. The van der Waals surface area contributed by atoms with E-state index in [2.05, 4.69) is 5.43 Å². The first-order valence-corrected chi connectivity index (χ1v) is 8.68. The summed E-state index contributed by atoms with van der Waals surface area (Å²) in [5, 5.41) is 18.5. The van der Waals surface area contributed by atoms with Crippen LogP contribution in [0, 0.1) is 0 Å². The van der Waals surface area contributed by atoms with Gasteiger partial charge in [-0.05, 0) is 68.6 Å². The normalized spacial score (nSPS) is 11.0. The van der Waals surface area contributed by atoms with Gasteiger partial charge >= 0.3 is 0 Å². The molecule has 2 heterocycles. The molecule has 116 valence electrons. The Morgan fingerprint density at radius 2 is 1.65 bits per heavy atom. The van der Waals surface area contributed by atoms with Crippen LogP contribution in [0.1, 0.15) is 5.56 Å². The van der Waals surface area contributed by atoms with Gasteiger partial charge in [-0.25, -0.2) is 5.84 Å². The van der Waals surface area contributed by atoms with E-state index in [1.54, 1.807) is 28.7 Å². The van der Waals surface area contributed by atoms with Crippen molar-refractivity contribution in [1.82, 2.24) is 5.43 Å². The molecule has 3 aromatic rings. The Balaban J connectivity index is 2.14. The zero-order chi connectivity index (χ0) is 16.2. The smallest absolute Gasteiger partial charge is 0.257 e. The van der Waals surface area contributed by atoms with Gasteiger partial charge < -0.3 is 5.11 Å². The highest BCUT2D eigenvalue weighted by atomic mass is 32.1. The number of amides is 1. The number of aromatic hydroxyl groups is 1. The van der Waals surface area contributed by atoms with Gasteiger partial charge in [-0.15, -0.1) is 0 Å². The highest BCUT2D eigenvalue weighted by Crippen LogP contribution is 2.40. The summed E-state index contributed by atoms with van der Waals surface area (Å²) in [6.07, 6.45) is 3.04. The van der Waals surface area contributed by atoms with Crippen molar-refractivity contribution in [3.05, 3.63) is 57.4 Å². The molecule has 0 aliphatic carbocycles. The number of phenolic OH excluding ortho intramolecular Hbond substituents is 1. The zero-order valence-electron chi connectivity index (χ0n) is 12.0.